The highest BCUT2D eigenvalue weighted by Gasteiger charge is 2.33. The third-order valence-corrected chi connectivity index (χ3v) is 3.49. The molecule has 8 heteroatoms. The standard InChI is InChI=1S/C12H17N5O3/c1-3-10-9(15-16-13)4-8(20-10)6-17-5-7(2)11(18)14-12(17)19/h5,8-10H,3-4,6H2,1-2H3,(H,14,18,19)/t8-,9?,10-/m0/s1. The summed E-state index contributed by atoms with van der Waals surface area (Å²) in [7, 11) is 0. The first-order chi connectivity index (χ1) is 9.55. The van der Waals surface area contributed by atoms with Crippen LogP contribution in [-0.4, -0.2) is 27.8 Å². The largest absolute Gasteiger partial charge is 0.373 e. The molecule has 108 valence electrons. The summed E-state index contributed by atoms with van der Waals surface area (Å²) in [5.41, 5.74) is 8.18. The van der Waals surface area contributed by atoms with Crippen molar-refractivity contribution in [2.24, 2.45) is 5.11 Å². The Hall–Kier alpha value is -2.05. The number of H-pyrrole nitrogens is 1. The lowest BCUT2D eigenvalue weighted by Gasteiger charge is -2.14. The van der Waals surface area contributed by atoms with Crippen LogP contribution in [-0.2, 0) is 11.3 Å². The van der Waals surface area contributed by atoms with Gasteiger partial charge < -0.3 is 4.74 Å². The molecule has 0 aromatic carbocycles. The van der Waals surface area contributed by atoms with Gasteiger partial charge in [0, 0.05) is 16.7 Å². The third kappa shape index (κ3) is 2.92. The molecule has 2 heterocycles. The Bertz CT molecular complexity index is 643. The van der Waals surface area contributed by atoms with Crippen LogP contribution in [0.5, 0.6) is 0 Å². The van der Waals surface area contributed by atoms with Crippen molar-refractivity contribution in [3.63, 3.8) is 0 Å². The maximum absolute atomic E-state index is 11.7. The van der Waals surface area contributed by atoms with Gasteiger partial charge in [-0.3, -0.25) is 14.3 Å². The highest BCUT2D eigenvalue weighted by molar-refractivity contribution is 5.01. The van der Waals surface area contributed by atoms with Gasteiger partial charge in [0.05, 0.1) is 24.8 Å². The second-order valence-electron chi connectivity index (χ2n) is 4.94. The van der Waals surface area contributed by atoms with Crippen LogP contribution < -0.4 is 11.2 Å². The van der Waals surface area contributed by atoms with E-state index in [0.29, 0.717) is 18.5 Å². The van der Waals surface area contributed by atoms with Gasteiger partial charge >= 0.3 is 5.69 Å². The Morgan fingerprint density at radius 2 is 2.35 bits per heavy atom. The minimum Gasteiger partial charge on any atom is -0.373 e. The first-order valence-electron chi connectivity index (χ1n) is 6.55. The van der Waals surface area contributed by atoms with E-state index in [2.05, 4.69) is 15.0 Å². The Morgan fingerprint density at radius 3 is 3.00 bits per heavy atom. The van der Waals surface area contributed by atoms with Crippen molar-refractivity contribution in [2.75, 3.05) is 0 Å². The first kappa shape index (κ1) is 14.4. The molecule has 20 heavy (non-hydrogen) atoms. The van der Waals surface area contributed by atoms with E-state index in [1.807, 2.05) is 6.92 Å². The van der Waals surface area contributed by atoms with Gasteiger partial charge in [0.1, 0.15) is 0 Å². The minimum atomic E-state index is -0.454. The molecular weight excluding hydrogens is 262 g/mol. The molecule has 1 saturated heterocycles. The van der Waals surface area contributed by atoms with E-state index in [9.17, 15) is 9.59 Å². The van der Waals surface area contributed by atoms with E-state index in [0.717, 1.165) is 6.42 Å². The normalized spacial score (nSPS) is 25.4. The van der Waals surface area contributed by atoms with Gasteiger partial charge in [0.15, 0.2) is 0 Å². The summed E-state index contributed by atoms with van der Waals surface area (Å²) in [5, 5.41) is 3.73. The Labute approximate surface area is 115 Å². The monoisotopic (exact) mass is 279 g/mol. The second-order valence-corrected chi connectivity index (χ2v) is 4.94. The molecule has 1 N–H and O–H groups in total. The van der Waals surface area contributed by atoms with Crippen LogP contribution in [0.4, 0.5) is 0 Å². The summed E-state index contributed by atoms with van der Waals surface area (Å²) in [4.78, 5) is 28.1. The van der Waals surface area contributed by atoms with E-state index in [1.54, 1.807) is 6.92 Å². The number of nitrogens with one attached hydrogen (secondary N) is 1. The molecule has 0 bridgehead atoms. The Balaban J connectivity index is 2.16. The fraction of sp³-hybridized carbons (Fsp3) is 0.667. The quantitative estimate of drug-likeness (QED) is 0.505. The molecule has 2 rings (SSSR count). The van der Waals surface area contributed by atoms with Crippen molar-refractivity contribution < 1.29 is 4.74 Å². The zero-order valence-corrected chi connectivity index (χ0v) is 11.4. The van der Waals surface area contributed by atoms with E-state index in [1.165, 1.54) is 10.8 Å². The number of rotatable bonds is 4. The lowest BCUT2D eigenvalue weighted by Crippen LogP contribution is -2.33. The molecular formula is C12H17N5O3. The van der Waals surface area contributed by atoms with Crippen LogP contribution in [0.2, 0.25) is 0 Å². The smallest absolute Gasteiger partial charge is 0.328 e. The van der Waals surface area contributed by atoms with Crippen LogP contribution in [0, 0.1) is 6.92 Å². The highest BCUT2D eigenvalue weighted by atomic mass is 16.5. The second kappa shape index (κ2) is 5.94. The van der Waals surface area contributed by atoms with E-state index < -0.39 is 5.69 Å². The number of nitrogens with zero attached hydrogens (tertiary/aromatic N) is 4. The highest BCUT2D eigenvalue weighted by Crippen LogP contribution is 2.26. The lowest BCUT2D eigenvalue weighted by molar-refractivity contribution is 0.0302. The lowest BCUT2D eigenvalue weighted by atomic mass is 10.1. The number of hydrogen-bond acceptors (Lipinski definition) is 4. The first-order valence-corrected chi connectivity index (χ1v) is 6.55. The molecule has 1 aromatic heterocycles. The van der Waals surface area contributed by atoms with Gasteiger partial charge in [-0.05, 0) is 25.3 Å². The predicted molar refractivity (Wildman–Crippen MR) is 72.6 cm³/mol. The molecule has 0 aliphatic carbocycles. The van der Waals surface area contributed by atoms with Gasteiger partial charge in [-0.1, -0.05) is 12.0 Å². The fourth-order valence-corrected chi connectivity index (χ4v) is 2.46. The predicted octanol–water partition coefficient (Wildman–Crippen LogP) is 1.09. The zero-order chi connectivity index (χ0) is 14.7. The van der Waals surface area contributed by atoms with E-state index in [-0.39, 0.29) is 23.8 Å². The summed E-state index contributed by atoms with van der Waals surface area (Å²) in [6.45, 7) is 3.94. The van der Waals surface area contributed by atoms with Gasteiger partial charge in [-0.15, -0.1) is 0 Å². The molecule has 0 amide bonds. The molecule has 1 fully saturated rings. The van der Waals surface area contributed by atoms with Gasteiger partial charge in [0.2, 0.25) is 0 Å². The van der Waals surface area contributed by atoms with Crippen molar-refractivity contribution >= 4 is 0 Å². The molecule has 0 saturated carbocycles. The Kier molecular flexibility index (Phi) is 4.26. The average Bonchev–Trinajstić information content (AvgIpc) is 2.78. The summed E-state index contributed by atoms with van der Waals surface area (Å²) >= 11 is 0. The Morgan fingerprint density at radius 1 is 1.60 bits per heavy atom. The number of aromatic amines is 1. The summed E-state index contributed by atoms with van der Waals surface area (Å²) in [6, 6.07) is -0.199. The molecule has 0 radical (unpaired) electrons. The van der Waals surface area contributed by atoms with Gasteiger partial charge in [0.25, 0.3) is 5.56 Å². The number of aromatic nitrogens is 2. The van der Waals surface area contributed by atoms with Crippen molar-refractivity contribution in [1.82, 2.24) is 9.55 Å². The van der Waals surface area contributed by atoms with Crippen LogP contribution in [0.15, 0.2) is 20.9 Å². The molecule has 8 nitrogen and oxygen atoms in total. The van der Waals surface area contributed by atoms with Crippen molar-refractivity contribution in [1.29, 1.82) is 0 Å². The molecule has 3 atom stereocenters. The van der Waals surface area contributed by atoms with Gasteiger partial charge in [-0.2, -0.15) is 0 Å². The van der Waals surface area contributed by atoms with Crippen LogP contribution in [0.1, 0.15) is 25.3 Å². The van der Waals surface area contributed by atoms with E-state index in [4.69, 9.17) is 10.3 Å². The molecule has 1 aliphatic heterocycles. The number of ether oxygens (including phenoxy) is 1. The van der Waals surface area contributed by atoms with Crippen molar-refractivity contribution in [2.45, 2.75) is 51.5 Å². The average molecular weight is 279 g/mol. The molecule has 1 unspecified atom stereocenters. The SMILES string of the molecule is CC[C@@H]1O[C@H](Cn2cc(C)c(=O)[nH]c2=O)CC1N=[N+]=[N-]. The minimum absolute atomic E-state index is 0.115. The summed E-state index contributed by atoms with van der Waals surface area (Å²) in [6.07, 6.45) is 2.54. The maximum atomic E-state index is 11.7. The molecule has 0 spiro atoms. The molecule has 1 aliphatic rings. The van der Waals surface area contributed by atoms with Crippen LogP contribution in [0.25, 0.3) is 10.4 Å². The number of azide groups is 1. The van der Waals surface area contributed by atoms with Crippen LogP contribution >= 0.6 is 0 Å². The third-order valence-electron chi connectivity index (χ3n) is 3.49. The van der Waals surface area contributed by atoms with Gasteiger partial charge in [-0.25, -0.2) is 4.79 Å². The maximum Gasteiger partial charge on any atom is 0.328 e. The van der Waals surface area contributed by atoms with E-state index >= 15 is 0 Å². The topological polar surface area (TPSA) is 113 Å². The molecule has 1 aromatic rings. The number of aryl methyl sites for hydroxylation is 1. The summed E-state index contributed by atoms with van der Waals surface area (Å²) in [5.74, 6) is 0. The van der Waals surface area contributed by atoms with Crippen LogP contribution in [0.3, 0.4) is 0 Å². The number of hydrogen-bond donors (Lipinski definition) is 1. The zero-order valence-electron chi connectivity index (χ0n) is 11.4. The van der Waals surface area contributed by atoms with Crippen molar-refractivity contribution in [3.8, 4) is 0 Å². The summed E-state index contributed by atoms with van der Waals surface area (Å²) < 4.78 is 7.21. The fourth-order valence-electron chi connectivity index (χ4n) is 2.46. The van der Waals surface area contributed by atoms with Crippen molar-refractivity contribution in [3.05, 3.63) is 43.0 Å².